The number of amides is 1. The zero-order valence-corrected chi connectivity index (χ0v) is 15.7. The van der Waals surface area contributed by atoms with Crippen LogP contribution in [0.5, 0.6) is 5.75 Å². The van der Waals surface area contributed by atoms with Gasteiger partial charge in [0, 0.05) is 0 Å². The second-order valence-electron chi connectivity index (χ2n) is 6.44. The van der Waals surface area contributed by atoms with Crippen molar-refractivity contribution in [2.75, 3.05) is 5.32 Å². The molecule has 1 amide bonds. The number of hydrogen-bond acceptors (Lipinski definition) is 5. The first-order chi connectivity index (χ1) is 13.1. The van der Waals surface area contributed by atoms with Crippen LogP contribution in [0, 0.1) is 0 Å². The molecule has 0 radical (unpaired) electrons. The summed E-state index contributed by atoms with van der Waals surface area (Å²) < 4.78 is 7.57. The molecule has 0 aliphatic rings. The van der Waals surface area contributed by atoms with Gasteiger partial charge in [-0.3, -0.25) is 4.79 Å². The van der Waals surface area contributed by atoms with Gasteiger partial charge in [-0.25, -0.2) is 14.6 Å². The topological polar surface area (TPSA) is 81.9 Å². The first kappa shape index (κ1) is 18.6. The Morgan fingerprint density at radius 3 is 2.67 bits per heavy atom. The Labute approximate surface area is 158 Å². The molecule has 1 N–H and O–H groups in total. The average Bonchev–Trinajstić information content (AvgIpc) is 3.21. The van der Waals surface area contributed by atoms with Crippen molar-refractivity contribution in [3.8, 4) is 11.6 Å². The maximum absolute atomic E-state index is 12.7. The largest absolute Gasteiger partial charge is 0.480 e. The van der Waals surface area contributed by atoms with Crippen LogP contribution in [-0.2, 0) is 4.79 Å². The standard InChI is InChI=1S/C20H23N5O2/c1-4-17(27-18-8-6-5-7-16(18)14(2)3)20(26)24-15-9-10-19(22-11-15)25-13-21-12-23-25/h5-14,17H,4H2,1-3H3,(H,24,26)/t17-/m1/s1. The van der Waals surface area contributed by atoms with Crippen LogP contribution < -0.4 is 10.1 Å². The molecule has 0 fully saturated rings. The lowest BCUT2D eigenvalue weighted by atomic mass is 10.0. The van der Waals surface area contributed by atoms with Gasteiger partial charge in [0.15, 0.2) is 11.9 Å². The van der Waals surface area contributed by atoms with Gasteiger partial charge in [0.25, 0.3) is 5.91 Å². The Morgan fingerprint density at radius 1 is 1.22 bits per heavy atom. The second kappa shape index (κ2) is 8.44. The maximum atomic E-state index is 12.7. The van der Waals surface area contributed by atoms with Crippen LogP contribution in [0.1, 0.15) is 38.7 Å². The second-order valence-corrected chi connectivity index (χ2v) is 6.44. The van der Waals surface area contributed by atoms with Crippen molar-refractivity contribution in [3.63, 3.8) is 0 Å². The predicted octanol–water partition coefficient (Wildman–Crippen LogP) is 3.58. The Bertz CT molecular complexity index is 876. The molecule has 0 aliphatic carbocycles. The van der Waals surface area contributed by atoms with Gasteiger partial charge in [0.05, 0.1) is 11.9 Å². The summed E-state index contributed by atoms with van der Waals surface area (Å²) in [5, 5.41) is 6.89. The van der Waals surface area contributed by atoms with E-state index in [1.807, 2.05) is 31.2 Å². The first-order valence-electron chi connectivity index (χ1n) is 8.96. The van der Waals surface area contributed by atoms with Gasteiger partial charge in [-0.05, 0) is 36.1 Å². The summed E-state index contributed by atoms with van der Waals surface area (Å²) in [6.45, 7) is 6.13. The molecule has 1 aromatic carbocycles. The molecule has 7 heteroatoms. The highest BCUT2D eigenvalue weighted by Crippen LogP contribution is 2.27. The van der Waals surface area contributed by atoms with Crippen molar-refractivity contribution in [2.24, 2.45) is 0 Å². The summed E-state index contributed by atoms with van der Waals surface area (Å²) in [6.07, 6.45) is 4.57. The number of carbonyl (C=O) groups is 1. The molecule has 7 nitrogen and oxygen atoms in total. The van der Waals surface area contributed by atoms with Crippen molar-refractivity contribution in [2.45, 2.75) is 39.2 Å². The molecule has 140 valence electrons. The van der Waals surface area contributed by atoms with Crippen LogP contribution in [0.25, 0.3) is 5.82 Å². The lowest BCUT2D eigenvalue weighted by Crippen LogP contribution is -2.32. The van der Waals surface area contributed by atoms with Gasteiger partial charge >= 0.3 is 0 Å². The summed E-state index contributed by atoms with van der Waals surface area (Å²) in [5.41, 5.74) is 1.69. The van der Waals surface area contributed by atoms with E-state index in [4.69, 9.17) is 4.74 Å². The summed E-state index contributed by atoms with van der Waals surface area (Å²) >= 11 is 0. The molecule has 0 saturated heterocycles. The van der Waals surface area contributed by atoms with Crippen molar-refractivity contribution in [3.05, 3.63) is 60.8 Å². The minimum atomic E-state index is -0.583. The molecule has 0 saturated carbocycles. The van der Waals surface area contributed by atoms with Gasteiger partial charge < -0.3 is 10.1 Å². The molecule has 27 heavy (non-hydrogen) atoms. The molecular formula is C20H23N5O2. The minimum Gasteiger partial charge on any atom is -0.480 e. The number of pyridine rings is 1. The van der Waals surface area contributed by atoms with Gasteiger partial charge in [-0.1, -0.05) is 39.0 Å². The fraction of sp³-hybridized carbons (Fsp3) is 0.300. The number of anilines is 1. The van der Waals surface area contributed by atoms with Gasteiger partial charge in [0.1, 0.15) is 18.4 Å². The number of rotatable bonds is 7. The van der Waals surface area contributed by atoms with Crippen LogP contribution in [-0.4, -0.2) is 31.8 Å². The van der Waals surface area contributed by atoms with E-state index < -0.39 is 6.10 Å². The summed E-state index contributed by atoms with van der Waals surface area (Å²) in [4.78, 5) is 20.8. The molecule has 1 atom stereocenters. The van der Waals surface area contributed by atoms with E-state index in [-0.39, 0.29) is 5.91 Å². The van der Waals surface area contributed by atoms with E-state index in [1.165, 1.54) is 6.33 Å². The minimum absolute atomic E-state index is 0.202. The third-order valence-corrected chi connectivity index (χ3v) is 4.14. The fourth-order valence-corrected chi connectivity index (χ4v) is 2.69. The smallest absolute Gasteiger partial charge is 0.265 e. The zero-order valence-electron chi connectivity index (χ0n) is 15.7. The Balaban J connectivity index is 1.69. The quantitative estimate of drug-likeness (QED) is 0.692. The summed E-state index contributed by atoms with van der Waals surface area (Å²) in [6, 6.07) is 11.4. The van der Waals surface area contributed by atoms with Crippen LogP contribution in [0.2, 0.25) is 0 Å². The monoisotopic (exact) mass is 365 g/mol. The Kier molecular flexibility index (Phi) is 5.80. The fourth-order valence-electron chi connectivity index (χ4n) is 2.69. The summed E-state index contributed by atoms with van der Waals surface area (Å²) in [7, 11) is 0. The van der Waals surface area contributed by atoms with Crippen LogP contribution in [0.4, 0.5) is 5.69 Å². The van der Waals surface area contributed by atoms with E-state index >= 15 is 0 Å². The van der Waals surface area contributed by atoms with Crippen LogP contribution in [0.15, 0.2) is 55.2 Å². The average molecular weight is 365 g/mol. The molecule has 3 aromatic rings. The lowest BCUT2D eigenvalue weighted by molar-refractivity contribution is -0.122. The molecular weight excluding hydrogens is 342 g/mol. The van der Waals surface area contributed by atoms with Crippen molar-refractivity contribution >= 4 is 11.6 Å². The Morgan fingerprint density at radius 2 is 2.04 bits per heavy atom. The van der Waals surface area contributed by atoms with Gasteiger partial charge in [0.2, 0.25) is 0 Å². The highest BCUT2D eigenvalue weighted by molar-refractivity contribution is 5.94. The number of nitrogens with one attached hydrogen (secondary N) is 1. The predicted molar refractivity (Wildman–Crippen MR) is 103 cm³/mol. The third-order valence-electron chi connectivity index (χ3n) is 4.14. The highest BCUT2D eigenvalue weighted by atomic mass is 16.5. The summed E-state index contributed by atoms with van der Waals surface area (Å²) in [5.74, 6) is 1.48. The molecule has 2 aromatic heterocycles. The van der Waals surface area contributed by atoms with Crippen LogP contribution in [0.3, 0.4) is 0 Å². The van der Waals surface area contributed by atoms with Gasteiger partial charge in [-0.15, -0.1) is 0 Å². The number of para-hydroxylation sites is 1. The van der Waals surface area contributed by atoms with Gasteiger partial charge in [-0.2, -0.15) is 5.10 Å². The number of ether oxygens (including phenoxy) is 1. The number of hydrogen-bond donors (Lipinski definition) is 1. The van der Waals surface area contributed by atoms with E-state index in [1.54, 1.807) is 29.3 Å². The normalized spacial score (nSPS) is 12.0. The third kappa shape index (κ3) is 4.49. The molecule has 2 heterocycles. The zero-order chi connectivity index (χ0) is 19.2. The van der Waals surface area contributed by atoms with Crippen molar-refractivity contribution < 1.29 is 9.53 Å². The van der Waals surface area contributed by atoms with E-state index in [0.29, 0.717) is 23.8 Å². The molecule has 3 rings (SSSR count). The van der Waals surface area contributed by atoms with E-state index in [0.717, 1.165) is 11.3 Å². The molecule has 0 bridgehead atoms. The number of aromatic nitrogens is 4. The van der Waals surface area contributed by atoms with Crippen molar-refractivity contribution in [1.82, 2.24) is 19.7 Å². The highest BCUT2D eigenvalue weighted by Gasteiger charge is 2.20. The van der Waals surface area contributed by atoms with E-state index in [2.05, 4.69) is 34.2 Å². The number of carbonyl (C=O) groups excluding carboxylic acids is 1. The first-order valence-corrected chi connectivity index (χ1v) is 8.96. The maximum Gasteiger partial charge on any atom is 0.265 e. The molecule has 0 aliphatic heterocycles. The number of benzene rings is 1. The van der Waals surface area contributed by atoms with Crippen molar-refractivity contribution in [1.29, 1.82) is 0 Å². The number of nitrogens with zero attached hydrogens (tertiary/aromatic N) is 4. The molecule has 0 spiro atoms. The van der Waals surface area contributed by atoms with E-state index in [9.17, 15) is 4.79 Å². The molecule has 0 unspecified atom stereocenters. The van der Waals surface area contributed by atoms with Crippen LogP contribution >= 0.6 is 0 Å². The Hall–Kier alpha value is -3.22. The lowest BCUT2D eigenvalue weighted by Gasteiger charge is -2.20. The SMILES string of the molecule is CC[C@@H](Oc1ccccc1C(C)C)C(=O)Nc1ccc(-n2cncn2)nc1.